The van der Waals surface area contributed by atoms with Crippen LogP contribution in [0.4, 0.5) is 0 Å². The average molecular weight is 147 g/mol. The zero-order valence-electron chi connectivity index (χ0n) is 6.83. The lowest BCUT2D eigenvalue weighted by Gasteiger charge is -2.07. The molecular formula is C10H13N. The standard InChI is InChI=1S/C10H13N/c1-3-4-9(2)10-5-7-11-8-6-10/h3,5-9H,1,4H2,2H3. The predicted molar refractivity (Wildman–Crippen MR) is 47.5 cm³/mol. The van der Waals surface area contributed by atoms with Crippen molar-refractivity contribution in [3.05, 3.63) is 42.7 Å². The van der Waals surface area contributed by atoms with Gasteiger partial charge in [-0.3, -0.25) is 4.98 Å². The highest BCUT2D eigenvalue weighted by Gasteiger charge is 2.00. The van der Waals surface area contributed by atoms with Crippen molar-refractivity contribution in [3.8, 4) is 0 Å². The second kappa shape index (κ2) is 3.91. The molecule has 1 aromatic rings. The minimum atomic E-state index is 0.565. The lowest BCUT2D eigenvalue weighted by molar-refractivity contribution is 0.780. The van der Waals surface area contributed by atoms with Gasteiger partial charge in [-0.25, -0.2) is 0 Å². The molecule has 0 saturated carbocycles. The lowest BCUT2D eigenvalue weighted by Crippen LogP contribution is -1.90. The van der Waals surface area contributed by atoms with Crippen LogP contribution in [0.3, 0.4) is 0 Å². The highest BCUT2D eigenvalue weighted by Crippen LogP contribution is 2.17. The van der Waals surface area contributed by atoms with Crippen LogP contribution >= 0.6 is 0 Å². The van der Waals surface area contributed by atoms with Gasteiger partial charge in [0, 0.05) is 12.4 Å². The summed E-state index contributed by atoms with van der Waals surface area (Å²) in [4.78, 5) is 3.96. The van der Waals surface area contributed by atoms with Gasteiger partial charge in [0.1, 0.15) is 0 Å². The summed E-state index contributed by atoms with van der Waals surface area (Å²) < 4.78 is 0. The van der Waals surface area contributed by atoms with Gasteiger partial charge < -0.3 is 0 Å². The van der Waals surface area contributed by atoms with Crippen molar-refractivity contribution in [1.29, 1.82) is 0 Å². The summed E-state index contributed by atoms with van der Waals surface area (Å²) in [6.07, 6.45) is 6.64. The summed E-state index contributed by atoms with van der Waals surface area (Å²) in [5.74, 6) is 0.565. The molecular weight excluding hydrogens is 134 g/mol. The van der Waals surface area contributed by atoms with Crippen molar-refractivity contribution in [2.45, 2.75) is 19.3 Å². The molecule has 0 aliphatic rings. The number of allylic oxidation sites excluding steroid dienone is 1. The predicted octanol–water partition coefficient (Wildman–Crippen LogP) is 2.76. The van der Waals surface area contributed by atoms with Crippen molar-refractivity contribution in [3.63, 3.8) is 0 Å². The Kier molecular flexibility index (Phi) is 2.84. The van der Waals surface area contributed by atoms with Crippen molar-refractivity contribution >= 4 is 0 Å². The molecule has 0 N–H and O–H groups in total. The van der Waals surface area contributed by atoms with Crippen LogP contribution in [0, 0.1) is 0 Å². The zero-order valence-corrected chi connectivity index (χ0v) is 6.83. The molecule has 0 saturated heterocycles. The van der Waals surface area contributed by atoms with Gasteiger partial charge in [-0.05, 0) is 30.0 Å². The van der Waals surface area contributed by atoms with Gasteiger partial charge in [-0.15, -0.1) is 6.58 Å². The summed E-state index contributed by atoms with van der Waals surface area (Å²) in [6.45, 7) is 5.90. The number of rotatable bonds is 3. The van der Waals surface area contributed by atoms with E-state index in [2.05, 4.69) is 18.5 Å². The highest BCUT2D eigenvalue weighted by molar-refractivity contribution is 5.15. The molecule has 11 heavy (non-hydrogen) atoms. The quantitative estimate of drug-likeness (QED) is 0.599. The molecule has 0 amide bonds. The van der Waals surface area contributed by atoms with Gasteiger partial charge in [-0.2, -0.15) is 0 Å². The summed E-state index contributed by atoms with van der Waals surface area (Å²) in [5, 5.41) is 0. The molecule has 1 rings (SSSR count). The van der Waals surface area contributed by atoms with E-state index in [1.807, 2.05) is 30.6 Å². The fourth-order valence-corrected chi connectivity index (χ4v) is 1.08. The van der Waals surface area contributed by atoms with Crippen LogP contribution in [-0.4, -0.2) is 4.98 Å². The third-order valence-corrected chi connectivity index (χ3v) is 1.80. The monoisotopic (exact) mass is 147 g/mol. The van der Waals surface area contributed by atoms with Crippen LogP contribution in [0.15, 0.2) is 37.2 Å². The minimum Gasteiger partial charge on any atom is -0.265 e. The second-order valence-corrected chi connectivity index (χ2v) is 2.71. The summed E-state index contributed by atoms with van der Waals surface area (Å²) in [5.41, 5.74) is 1.33. The third kappa shape index (κ3) is 2.19. The molecule has 1 unspecified atom stereocenters. The number of nitrogens with zero attached hydrogens (tertiary/aromatic N) is 1. The van der Waals surface area contributed by atoms with E-state index in [9.17, 15) is 0 Å². The van der Waals surface area contributed by atoms with E-state index in [1.54, 1.807) is 0 Å². The second-order valence-electron chi connectivity index (χ2n) is 2.71. The largest absolute Gasteiger partial charge is 0.265 e. The van der Waals surface area contributed by atoms with Crippen LogP contribution in [0.25, 0.3) is 0 Å². The first-order valence-corrected chi connectivity index (χ1v) is 3.85. The number of pyridine rings is 1. The van der Waals surface area contributed by atoms with E-state index in [1.165, 1.54) is 5.56 Å². The Hall–Kier alpha value is -1.11. The summed E-state index contributed by atoms with van der Waals surface area (Å²) in [6, 6.07) is 4.10. The first-order chi connectivity index (χ1) is 5.34. The Bertz CT molecular complexity index is 216. The molecule has 0 aliphatic carbocycles. The molecule has 1 heteroatoms. The van der Waals surface area contributed by atoms with Gasteiger partial charge in [0.2, 0.25) is 0 Å². The van der Waals surface area contributed by atoms with E-state index in [0.29, 0.717) is 5.92 Å². The average Bonchev–Trinajstić information content (AvgIpc) is 2.07. The van der Waals surface area contributed by atoms with Gasteiger partial charge in [0.15, 0.2) is 0 Å². The van der Waals surface area contributed by atoms with E-state index < -0.39 is 0 Å². The first-order valence-electron chi connectivity index (χ1n) is 3.85. The first kappa shape index (κ1) is 7.99. The number of hydrogen-bond acceptors (Lipinski definition) is 1. The Morgan fingerprint density at radius 2 is 2.18 bits per heavy atom. The SMILES string of the molecule is C=CCC(C)c1ccncc1. The van der Waals surface area contributed by atoms with Crippen molar-refractivity contribution in [2.24, 2.45) is 0 Å². The van der Waals surface area contributed by atoms with Crippen LogP contribution in [0.2, 0.25) is 0 Å². The van der Waals surface area contributed by atoms with Gasteiger partial charge >= 0.3 is 0 Å². The maximum Gasteiger partial charge on any atom is 0.0270 e. The van der Waals surface area contributed by atoms with Crippen molar-refractivity contribution in [1.82, 2.24) is 4.98 Å². The van der Waals surface area contributed by atoms with Crippen molar-refractivity contribution in [2.75, 3.05) is 0 Å². The van der Waals surface area contributed by atoms with Crippen LogP contribution in [0.5, 0.6) is 0 Å². The molecule has 0 aliphatic heterocycles. The zero-order chi connectivity index (χ0) is 8.10. The molecule has 1 heterocycles. The number of aromatic nitrogens is 1. The normalized spacial score (nSPS) is 12.5. The van der Waals surface area contributed by atoms with E-state index in [-0.39, 0.29) is 0 Å². The van der Waals surface area contributed by atoms with Crippen LogP contribution in [-0.2, 0) is 0 Å². The Morgan fingerprint density at radius 1 is 1.55 bits per heavy atom. The molecule has 58 valence electrons. The van der Waals surface area contributed by atoms with Gasteiger partial charge in [0.05, 0.1) is 0 Å². The lowest BCUT2D eigenvalue weighted by atomic mass is 9.99. The Morgan fingerprint density at radius 3 is 2.73 bits per heavy atom. The fourth-order valence-electron chi connectivity index (χ4n) is 1.08. The van der Waals surface area contributed by atoms with Gasteiger partial charge in [-0.1, -0.05) is 13.0 Å². The van der Waals surface area contributed by atoms with E-state index >= 15 is 0 Å². The summed E-state index contributed by atoms with van der Waals surface area (Å²) >= 11 is 0. The third-order valence-electron chi connectivity index (χ3n) is 1.80. The van der Waals surface area contributed by atoms with E-state index in [4.69, 9.17) is 0 Å². The molecule has 0 radical (unpaired) electrons. The number of hydrogen-bond donors (Lipinski definition) is 0. The summed E-state index contributed by atoms with van der Waals surface area (Å²) in [7, 11) is 0. The highest BCUT2D eigenvalue weighted by atomic mass is 14.6. The molecule has 1 nitrogen and oxygen atoms in total. The Labute approximate surface area is 67.8 Å². The minimum absolute atomic E-state index is 0.565. The van der Waals surface area contributed by atoms with E-state index in [0.717, 1.165) is 6.42 Å². The fraction of sp³-hybridized carbons (Fsp3) is 0.300. The topological polar surface area (TPSA) is 12.9 Å². The van der Waals surface area contributed by atoms with Crippen LogP contribution < -0.4 is 0 Å². The molecule has 1 atom stereocenters. The molecule has 0 fully saturated rings. The van der Waals surface area contributed by atoms with Gasteiger partial charge in [0.25, 0.3) is 0 Å². The maximum atomic E-state index is 3.96. The maximum absolute atomic E-state index is 3.96. The molecule has 0 aromatic carbocycles. The van der Waals surface area contributed by atoms with Crippen molar-refractivity contribution < 1.29 is 0 Å². The Balaban J connectivity index is 2.68. The smallest absolute Gasteiger partial charge is 0.0270 e. The molecule has 1 aromatic heterocycles. The molecule has 0 bridgehead atoms. The van der Waals surface area contributed by atoms with Crippen LogP contribution in [0.1, 0.15) is 24.8 Å². The molecule has 0 spiro atoms.